The molecule has 0 spiro atoms. The van der Waals surface area contributed by atoms with Crippen LogP contribution < -0.4 is 10.6 Å². The zero-order chi connectivity index (χ0) is 18.7. The maximum atomic E-state index is 12.5. The van der Waals surface area contributed by atoms with Gasteiger partial charge in [0, 0.05) is 12.4 Å². The third-order valence-electron chi connectivity index (χ3n) is 3.70. The number of carbonyl (C=O) groups is 3. The summed E-state index contributed by atoms with van der Waals surface area (Å²) in [7, 11) is 0. The first-order chi connectivity index (χ1) is 12.5. The lowest BCUT2D eigenvalue weighted by Gasteiger charge is -2.21. The van der Waals surface area contributed by atoms with Crippen LogP contribution in [0.4, 0.5) is 4.79 Å². The highest BCUT2D eigenvalue weighted by Crippen LogP contribution is 2.15. The van der Waals surface area contributed by atoms with Crippen molar-refractivity contribution in [2.45, 2.75) is 13.8 Å². The van der Waals surface area contributed by atoms with E-state index in [4.69, 9.17) is 9.47 Å². The van der Waals surface area contributed by atoms with Crippen LogP contribution in [0.15, 0.2) is 29.7 Å². The lowest BCUT2D eigenvalue weighted by atomic mass is 10.1. The second-order valence-electron chi connectivity index (χ2n) is 5.41. The van der Waals surface area contributed by atoms with Crippen LogP contribution in [0, 0.1) is 6.92 Å². The number of nitrogens with zero attached hydrogens (tertiary/aromatic N) is 3. The van der Waals surface area contributed by atoms with Crippen molar-refractivity contribution >= 4 is 23.6 Å². The summed E-state index contributed by atoms with van der Waals surface area (Å²) in [5.41, 5.74) is 1.44. The Kier molecular flexibility index (Phi) is 4.83. The maximum Gasteiger partial charge on any atom is 0.344 e. The first kappa shape index (κ1) is 17.4. The number of nitrogens with one attached hydrogen (secondary N) is 2. The van der Waals surface area contributed by atoms with Gasteiger partial charge in [0.25, 0.3) is 0 Å². The van der Waals surface area contributed by atoms with Gasteiger partial charge in [0.1, 0.15) is 12.2 Å². The number of ether oxygens (including phenoxy) is 2. The summed E-state index contributed by atoms with van der Waals surface area (Å²) in [6.45, 7) is 3.24. The van der Waals surface area contributed by atoms with Crippen LogP contribution in [0.2, 0.25) is 0 Å². The van der Waals surface area contributed by atoms with E-state index in [9.17, 15) is 14.4 Å². The van der Waals surface area contributed by atoms with Gasteiger partial charge < -0.3 is 20.1 Å². The minimum atomic E-state index is -0.653. The van der Waals surface area contributed by atoms with Crippen molar-refractivity contribution in [3.05, 3.63) is 41.0 Å². The number of rotatable bonds is 5. The molecule has 0 aromatic carbocycles. The summed E-state index contributed by atoms with van der Waals surface area (Å²) in [5, 5.41) is 9.15. The Morgan fingerprint density at radius 2 is 2.12 bits per heavy atom. The molecule has 2 aromatic heterocycles. The van der Waals surface area contributed by atoms with Crippen LogP contribution in [0.3, 0.4) is 0 Å². The molecule has 0 unspecified atom stereocenters. The van der Waals surface area contributed by atoms with Crippen LogP contribution >= 0.6 is 0 Å². The zero-order valence-electron chi connectivity index (χ0n) is 14.2. The fourth-order valence-electron chi connectivity index (χ4n) is 2.51. The predicted octanol–water partition coefficient (Wildman–Crippen LogP) is 0.325. The number of carbonyl (C=O) groups excluding carboxylic acids is 3. The normalized spacial score (nSPS) is 14.0. The number of esters is 2. The lowest BCUT2D eigenvalue weighted by Crippen LogP contribution is -2.45. The summed E-state index contributed by atoms with van der Waals surface area (Å²) in [4.78, 5) is 40.1. The number of hydrogen-bond acceptors (Lipinski definition) is 7. The van der Waals surface area contributed by atoms with Crippen molar-refractivity contribution in [2.75, 3.05) is 19.8 Å². The molecule has 3 heterocycles. The first-order valence-corrected chi connectivity index (χ1v) is 7.92. The third-order valence-corrected chi connectivity index (χ3v) is 3.70. The van der Waals surface area contributed by atoms with Gasteiger partial charge in [-0.2, -0.15) is 5.10 Å². The van der Waals surface area contributed by atoms with Gasteiger partial charge in [0.2, 0.25) is 0 Å². The fraction of sp³-hybridized carbons (Fsp3) is 0.312. The Bertz CT molecular complexity index is 917. The van der Waals surface area contributed by atoms with E-state index in [1.54, 1.807) is 32.3 Å². The quantitative estimate of drug-likeness (QED) is 0.737. The molecule has 26 heavy (non-hydrogen) atoms. The number of aromatic nitrogens is 3. The molecule has 0 bridgehead atoms. The molecule has 0 atom stereocenters. The molecule has 0 radical (unpaired) electrons. The second-order valence-corrected chi connectivity index (χ2v) is 5.41. The molecular formula is C16H17N5O5. The van der Waals surface area contributed by atoms with Gasteiger partial charge in [-0.3, -0.25) is 0 Å². The van der Waals surface area contributed by atoms with Gasteiger partial charge in [-0.15, -0.1) is 0 Å². The van der Waals surface area contributed by atoms with E-state index in [0.29, 0.717) is 11.3 Å². The third kappa shape index (κ3) is 3.34. The molecule has 10 nitrogen and oxygen atoms in total. The molecule has 2 amide bonds. The molecule has 3 rings (SSSR count). The summed E-state index contributed by atoms with van der Waals surface area (Å²) in [6.07, 6.45) is 3.21. The number of hydrogen-bond donors (Lipinski definition) is 2. The van der Waals surface area contributed by atoms with Gasteiger partial charge >= 0.3 is 18.0 Å². The van der Waals surface area contributed by atoms with Gasteiger partial charge in [-0.1, -0.05) is 0 Å². The highest BCUT2D eigenvalue weighted by atomic mass is 16.5. The minimum Gasteiger partial charge on any atom is -0.463 e. The Morgan fingerprint density at radius 3 is 2.88 bits per heavy atom. The first-order valence-electron chi connectivity index (χ1n) is 7.92. The molecular weight excluding hydrogens is 342 g/mol. The van der Waals surface area contributed by atoms with Gasteiger partial charge in [-0.05, 0) is 19.9 Å². The summed E-state index contributed by atoms with van der Waals surface area (Å²) in [6, 6.07) is 1.20. The van der Waals surface area contributed by atoms with E-state index in [1.807, 2.05) is 0 Å². The van der Waals surface area contributed by atoms with Gasteiger partial charge in [-0.25, -0.2) is 23.9 Å². The molecule has 2 aromatic rings. The number of urea groups is 1. The molecule has 10 heteroatoms. The summed E-state index contributed by atoms with van der Waals surface area (Å²) in [5.74, 6) is -1.24. The van der Waals surface area contributed by atoms with Crippen LogP contribution in [0.5, 0.6) is 0 Å². The number of fused-ring (bicyclic) bond motifs is 1. The largest absolute Gasteiger partial charge is 0.463 e. The van der Waals surface area contributed by atoms with Crippen LogP contribution in [-0.2, 0) is 14.3 Å². The Balaban J connectivity index is 1.81. The van der Waals surface area contributed by atoms with Crippen molar-refractivity contribution in [1.29, 1.82) is 0 Å². The molecule has 1 aliphatic rings. The van der Waals surface area contributed by atoms with Gasteiger partial charge in [0.15, 0.2) is 5.65 Å². The van der Waals surface area contributed by atoms with Crippen LogP contribution in [0.25, 0.3) is 5.65 Å². The molecule has 1 aliphatic heterocycles. The fourth-order valence-corrected chi connectivity index (χ4v) is 2.51. The SMILES string of the molecule is CCOC(=O)C1=C(COC(=O)c2c(C)nn3cccnc23)NC(=O)NC1. The van der Waals surface area contributed by atoms with E-state index in [2.05, 4.69) is 20.7 Å². The molecule has 2 N–H and O–H groups in total. The van der Waals surface area contributed by atoms with E-state index in [0.717, 1.165) is 0 Å². The van der Waals surface area contributed by atoms with Crippen LogP contribution in [0.1, 0.15) is 23.0 Å². The van der Waals surface area contributed by atoms with E-state index < -0.39 is 18.0 Å². The lowest BCUT2D eigenvalue weighted by molar-refractivity contribution is -0.138. The highest BCUT2D eigenvalue weighted by molar-refractivity contribution is 5.97. The van der Waals surface area contributed by atoms with E-state index in [1.165, 1.54) is 4.52 Å². The molecule has 0 saturated heterocycles. The topological polar surface area (TPSA) is 124 Å². The minimum absolute atomic E-state index is 0.00511. The maximum absolute atomic E-state index is 12.5. The van der Waals surface area contributed by atoms with E-state index in [-0.39, 0.29) is 36.6 Å². The van der Waals surface area contributed by atoms with Crippen molar-refractivity contribution in [2.24, 2.45) is 0 Å². The van der Waals surface area contributed by atoms with Crippen LogP contribution in [-0.4, -0.2) is 52.3 Å². The summed E-state index contributed by atoms with van der Waals surface area (Å²) >= 11 is 0. The Hall–Kier alpha value is -3.43. The number of aryl methyl sites for hydroxylation is 1. The monoisotopic (exact) mass is 359 g/mol. The standard InChI is InChI=1S/C16H17N5O5/c1-3-25-14(22)10-7-18-16(24)19-11(10)8-26-15(23)12-9(2)20-21-6-4-5-17-13(12)21/h4-6H,3,7-8H2,1-2H3,(H2,18,19,24). The highest BCUT2D eigenvalue weighted by Gasteiger charge is 2.26. The Labute approximate surface area is 148 Å². The smallest absolute Gasteiger partial charge is 0.344 e. The molecule has 0 aliphatic carbocycles. The average molecular weight is 359 g/mol. The van der Waals surface area contributed by atoms with Crippen molar-refractivity contribution in [3.8, 4) is 0 Å². The Morgan fingerprint density at radius 1 is 1.31 bits per heavy atom. The van der Waals surface area contributed by atoms with Crippen molar-refractivity contribution < 1.29 is 23.9 Å². The molecule has 0 saturated carbocycles. The summed E-state index contributed by atoms with van der Waals surface area (Å²) < 4.78 is 11.7. The number of amides is 2. The van der Waals surface area contributed by atoms with Crippen molar-refractivity contribution in [3.63, 3.8) is 0 Å². The van der Waals surface area contributed by atoms with E-state index >= 15 is 0 Å². The molecule has 136 valence electrons. The molecule has 0 fully saturated rings. The second kappa shape index (κ2) is 7.21. The van der Waals surface area contributed by atoms with Gasteiger partial charge in [0.05, 0.1) is 30.1 Å². The predicted molar refractivity (Wildman–Crippen MR) is 88.2 cm³/mol. The zero-order valence-corrected chi connectivity index (χ0v) is 14.2. The average Bonchev–Trinajstić information content (AvgIpc) is 2.95. The van der Waals surface area contributed by atoms with Crippen molar-refractivity contribution in [1.82, 2.24) is 25.2 Å².